The molecule has 1 aromatic carbocycles. The molecule has 3 aromatic heterocycles. The van der Waals surface area contributed by atoms with Crippen molar-refractivity contribution in [1.82, 2.24) is 29.9 Å². The second kappa shape index (κ2) is 8.36. The largest absolute Gasteiger partial charge is 0.497 e. The number of pyridine rings is 1. The highest BCUT2D eigenvalue weighted by Gasteiger charge is 2.17. The summed E-state index contributed by atoms with van der Waals surface area (Å²) in [5.41, 5.74) is 3.60. The number of hydrogen-bond acceptors (Lipinski definition) is 5. The maximum Gasteiger partial charge on any atom is 0.242 e. The number of benzene rings is 1. The Balaban J connectivity index is 1.55. The zero-order valence-electron chi connectivity index (χ0n) is 17.2. The van der Waals surface area contributed by atoms with Gasteiger partial charge in [-0.25, -0.2) is 9.67 Å². The standard InChI is InChI=1S/C22H24N6O2/c1-15(13-27-12-4-10-24-27)25-20(29)14-28-22-21(16(2)26-28)19(9-11-23-22)17-5-7-18(30-3)8-6-17/h4-12,15H,13-14H2,1-3H3,(H,25,29). The van der Waals surface area contributed by atoms with Crippen molar-refractivity contribution >= 4 is 16.9 Å². The molecule has 0 radical (unpaired) electrons. The minimum absolute atomic E-state index is 0.0526. The van der Waals surface area contributed by atoms with E-state index in [0.717, 1.165) is 28.0 Å². The number of nitrogens with one attached hydrogen (secondary N) is 1. The molecule has 0 spiro atoms. The van der Waals surface area contributed by atoms with Gasteiger partial charge in [-0.05, 0) is 49.2 Å². The van der Waals surface area contributed by atoms with Gasteiger partial charge in [0.05, 0.1) is 19.3 Å². The molecule has 154 valence electrons. The number of rotatable bonds is 7. The van der Waals surface area contributed by atoms with Crippen LogP contribution in [-0.4, -0.2) is 43.6 Å². The van der Waals surface area contributed by atoms with Crippen molar-refractivity contribution in [3.63, 3.8) is 0 Å². The van der Waals surface area contributed by atoms with Crippen molar-refractivity contribution in [2.75, 3.05) is 7.11 Å². The lowest BCUT2D eigenvalue weighted by molar-refractivity contribution is -0.122. The zero-order chi connectivity index (χ0) is 21.1. The Morgan fingerprint density at radius 3 is 2.70 bits per heavy atom. The maximum atomic E-state index is 12.6. The number of amides is 1. The van der Waals surface area contributed by atoms with E-state index in [1.807, 2.05) is 56.4 Å². The molecule has 3 heterocycles. The molecule has 0 bridgehead atoms. The van der Waals surface area contributed by atoms with Crippen molar-refractivity contribution in [3.05, 3.63) is 60.7 Å². The summed E-state index contributed by atoms with van der Waals surface area (Å²) in [7, 11) is 1.65. The first-order chi connectivity index (χ1) is 14.5. The summed E-state index contributed by atoms with van der Waals surface area (Å²) in [6.45, 7) is 4.60. The minimum atomic E-state index is -0.115. The third-order valence-corrected chi connectivity index (χ3v) is 4.93. The van der Waals surface area contributed by atoms with Gasteiger partial charge in [0, 0.05) is 30.0 Å². The van der Waals surface area contributed by atoms with Crippen LogP contribution in [0.25, 0.3) is 22.2 Å². The van der Waals surface area contributed by atoms with E-state index in [9.17, 15) is 4.79 Å². The highest BCUT2D eigenvalue weighted by atomic mass is 16.5. The molecule has 4 aromatic rings. The Kier molecular flexibility index (Phi) is 5.47. The first-order valence-corrected chi connectivity index (χ1v) is 9.78. The second-order valence-corrected chi connectivity index (χ2v) is 7.23. The van der Waals surface area contributed by atoms with Crippen molar-refractivity contribution < 1.29 is 9.53 Å². The fourth-order valence-corrected chi connectivity index (χ4v) is 3.59. The van der Waals surface area contributed by atoms with Crippen LogP contribution in [0.4, 0.5) is 0 Å². The van der Waals surface area contributed by atoms with Gasteiger partial charge in [0.25, 0.3) is 0 Å². The van der Waals surface area contributed by atoms with Gasteiger partial charge in [-0.15, -0.1) is 0 Å². The van der Waals surface area contributed by atoms with E-state index in [1.165, 1.54) is 0 Å². The van der Waals surface area contributed by atoms with E-state index in [-0.39, 0.29) is 18.5 Å². The molecular weight excluding hydrogens is 380 g/mol. The van der Waals surface area contributed by atoms with Gasteiger partial charge in [-0.3, -0.25) is 9.48 Å². The van der Waals surface area contributed by atoms with Crippen LogP contribution in [0, 0.1) is 6.92 Å². The molecule has 8 nitrogen and oxygen atoms in total. The quantitative estimate of drug-likeness (QED) is 0.512. The summed E-state index contributed by atoms with van der Waals surface area (Å²) in [6, 6.07) is 11.6. The van der Waals surface area contributed by atoms with E-state index in [0.29, 0.717) is 12.2 Å². The number of fused-ring (bicyclic) bond motifs is 1. The number of nitrogens with zero attached hydrogens (tertiary/aromatic N) is 5. The number of methoxy groups -OCH3 is 1. The van der Waals surface area contributed by atoms with Gasteiger partial charge >= 0.3 is 0 Å². The summed E-state index contributed by atoms with van der Waals surface area (Å²) in [5.74, 6) is 0.688. The Morgan fingerprint density at radius 1 is 1.20 bits per heavy atom. The molecule has 1 N–H and O–H groups in total. The number of hydrogen-bond donors (Lipinski definition) is 1. The zero-order valence-corrected chi connectivity index (χ0v) is 17.2. The average Bonchev–Trinajstić information content (AvgIpc) is 3.36. The molecule has 0 fully saturated rings. The number of carbonyl (C=O) groups is 1. The molecule has 1 atom stereocenters. The number of aryl methyl sites for hydroxylation is 1. The van der Waals surface area contributed by atoms with Crippen LogP contribution in [0.15, 0.2) is 55.0 Å². The van der Waals surface area contributed by atoms with Crippen LogP contribution in [0.5, 0.6) is 5.75 Å². The van der Waals surface area contributed by atoms with E-state index in [2.05, 4.69) is 20.5 Å². The van der Waals surface area contributed by atoms with Gasteiger partial charge in [0.15, 0.2) is 5.65 Å². The SMILES string of the molecule is COc1ccc(-c2ccnc3c2c(C)nn3CC(=O)NC(C)Cn2cccn2)cc1. The molecule has 0 saturated carbocycles. The minimum Gasteiger partial charge on any atom is -0.497 e. The maximum absolute atomic E-state index is 12.6. The molecule has 4 rings (SSSR count). The second-order valence-electron chi connectivity index (χ2n) is 7.23. The van der Waals surface area contributed by atoms with Gasteiger partial charge in [-0.1, -0.05) is 12.1 Å². The van der Waals surface area contributed by atoms with Crippen molar-refractivity contribution in [3.8, 4) is 16.9 Å². The fourth-order valence-electron chi connectivity index (χ4n) is 3.59. The summed E-state index contributed by atoms with van der Waals surface area (Å²) in [4.78, 5) is 17.1. The van der Waals surface area contributed by atoms with Crippen LogP contribution in [0.1, 0.15) is 12.6 Å². The third kappa shape index (κ3) is 4.03. The topological polar surface area (TPSA) is 86.9 Å². The van der Waals surface area contributed by atoms with Crippen LogP contribution < -0.4 is 10.1 Å². The van der Waals surface area contributed by atoms with E-state index < -0.39 is 0 Å². The summed E-state index contributed by atoms with van der Waals surface area (Å²) >= 11 is 0. The predicted molar refractivity (Wildman–Crippen MR) is 114 cm³/mol. The van der Waals surface area contributed by atoms with E-state index >= 15 is 0 Å². The van der Waals surface area contributed by atoms with Gasteiger partial charge in [0.2, 0.25) is 5.91 Å². The lowest BCUT2D eigenvalue weighted by Crippen LogP contribution is -2.38. The number of aromatic nitrogens is 5. The van der Waals surface area contributed by atoms with Crippen molar-refractivity contribution in [2.45, 2.75) is 33.0 Å². The fraction of sp³-hybridized carbons (Fsp3) is 0.273. The van der Waals surface area contributed by atoms with Crippen LogP contribution in [0.3, 0.4) is 0 Å². The van der Waals surface area contributed by atoms with Crippen molar-refractivity contribution in [2.24, 2.45) is 0 Å². The van der Waals surface area contributed by atoms with Gasteiger partial charge in [0.1, 0.15) is 12.3 Å². The van der Waals surface area contributed by atoms with Crippen molar-refractivity contribution in [1.29, 1.82) is 0 Å². The molecule has 0 aliphatic rings. The smallest absolute Gasteiger partial charge is 0.242 e. The van der Waals surface area contributed by atoms with Crippen LogP contribution in [-0.2, 0) is 17.9 Å². The van der Waals surface area contributed by atoms with Gasteiger partial charge < -0.3 is 10.1 Å². The average molecular weight is 404 g/mol. The summed E-state index contributed by atoms with van der Waals surface area (Å²) in [6.07, 6.45) is 5.34. The van der Waals surface area contributed by atoms with Gasteiger partial charge in [-0.2, -0.15) is 10.2 Å². The van der Waals surface area contributed by atoms with E-state index in [4.69, 9.17) is 4.74 Å². The predicted octanol–water partition coefficient (Wildman–Crippen LogP) is 2.82. The Bertz CT molecular complexity index is 1150. The molecule has 1 amide bonds. The highest BCUT2D eigenvalue weighted by molar-refractivity contribution is 5.95. The normalized spacial score (nSPS) is 12.1. The van der Waals surface area contributed by atoms with Crippen LogP contribution in [0.2, 0.25) is 0 Å². The monoisotopic (exact) mass is 404 g/mol. The first kappa shape index (κ1) is 19.6. The van der Waals surface area contributed by atoms with E-state index in [1.54, 1.807) is 28.9 Å². The molecule has 1 unspecified atom stereocenters. The number of ether oxygens (including phenoxy) is 1. The lowest BCUT2D eigenvalue weighted by Gasteiger charge is -2.14. The van der Waals surface area contributed by atoms with Crippen LogP contribution >= 0.6 is 0 Å². The molecule has 8 heteroatoms. The summed E-state index contributed by atoms with van der Waals surface area (Å²) < 4.78 is 8.70. The third-order valence-electron chi connectivity index (χ3n) is 4.93. The Hall–Kier alpha value is -3.68. The molecule has 30 heavy (non-hydrogen) atoms. The highest BCUT2D eigenvalue weighted by Crippen LogP contribution is 2.30. The summed E-state index contributed by atoms with van der Waals surface area (Å²) in [5, 5.41) is 12.7. The lowest BCUT2D eigenvalue weighted by atomic mass is 10.0. The molecule has 0 aliphatic heterocycles. The molecule has 0 saturated heterocycles. The molecule has 0 aliphatic carbocycles. The first-order valence-electron chi connectivity index (χ1n) is 9.78. The number of carbonyl (C=O) groups excluding carboxylic acids is 1. The Labute approximate surface area is 174 Å². The Morgan fingerprint density at radius 2 is 2.00 bits per heavy atom. The molecular formula is C22H24N6O2.